The number of aliphatic carboxylic acids is 1. The highest BCUT2D eigenvalue weighted by molar-refractivity contribution is 5.82. The van der Waals surface area contributed by atoms with Gasteiger partial charge in [-0.2, -0.15) is 0 Å². The number of fused-ring (bicyclic) bond motifs is 1. The lowest BCUT2D eigenvalue weighted by Gasteiger charge is -2.25. The molecule has 0 atom stereocenters. The average Bonchev–Trinajstić information content (AvgIpc) is 2.97. The minimum Gasteiger partial charge on any atom is -0.480 e. The van der Waals surface area contributed by atoms with Gasteiger partial charge in [0.2, 0.25) is 0 Å². The van der Waals surface area contributed by atoms with Gasteiger partial charge in [0.05, 0.1) is 0 Å². The van der Waals surface area contributed by atoms with E-state index >= 15 is 0 Å². The second-order valence-corrected chi connectivity index (χ2v) is 4.46. The number of nitrogens with one attached hydrogen (secondary N) is 1. The van der Waals surface area contributed by atoms with Crippen molar-refractivity contribution in [2.24, 2.45) is 0 Å². The van der Waals surface area contributed by atoms with Gasteiger partial charge in [-0.1, -0.05) is 12.8 Å². The fraction of sp³-hybridized carbons (Fsp3) is 0.500. The van der Waals surface area contributed by atoms with E-state index in [9.17, 15) is 9.90 Å². The Hall–Kier alpha value is -2.25. The Bertz CT molecular complexity index is 589. The standard InChI is InChI=1S/C10H12N6O2/c17-9(18)10(5-1-2-6-10)11-7-3-4-8-12-14-15-16(8)13-7/h3-4H,1-2,5-6H2,(H,11,13)(H,17,18). The van der Waals surface area contributed by atoms with Crippen LogP contribution in [0.5, 0.6) is 0 Å². The van der Waals surface area contributed by atoms with Crippen LogP contribution >= 0.6 is 0 Å². The van der Waals surface area contributed by atoms with Gasteiger partial charge < -0.3 is 10.4 Å². The summed E-state index contributed by atoms with van der Waals surface area (Å²) in [5.74, 6) is -0.363. The number of carboxylic acid groups (broad SMARTS) is 1. The Morgan fingerprint density at radius 3 is 2.89 bits per heavy atom. The molecule has 0 aromatic carbocycles. The molecule has 1 saturated carbocycles. The highest BCUT2D eigenvalue weighted by atomic mass is 16.4. The van der Waals surface area contributed by atoms with Crippen molar-refractivity contribution in [2.75, 3.05) is 5.32 Å². The van der Waals surface area contributed by atoms with Crippen LogP contribution in [0.3, 0.4) is 0 Å². The summed E-state index contributed by atoms with van der Waals surface area (Å²) in [6, 6.07) is 3.38. The summed E-state index contributed by atoms with van der Waals surface area (Å²) in [4.78, 5) is 11.4. The zero-order valence-corrected chi connectivity index (χ0v) is 9.57. The lowest BCUT2D eigenvalue weighted by Crippen LogP contribution is -2.44. The number of anilines is 1. The van der Waals surface area contributed by atoms with Gasteiger partial charge >= 0.3 is 5.97 Å². The molecule has 0 saturated heterocycles. The monoisotopic (exact) mass is 248 g/mol. The van der Waals surface area contributed by atoms with Crippen molar-refractivity contribution in [3.05, 3.63) is 12.1 Å². The number of hydrogen-bond acceptors (Lipinski definition) is 6. The quantitative estimate of drug-likeness (QED) is 0.806. The minimum atomic E-state index is -0.908. The van der Waals surface area contributed by atoms with Gasteiger partial charge in [0.25, 0.3) is 0 Å². The summed E-state index contributed by atoms with van der Waals surface area (Å²) < 4.78 is 1.27. The summed E-state index contributed by atoms with van der Waals surface area (Å²) in [7, 11) is 0. The lowest BCUT2D eigenvalue weighted by atomic mass is 9.98. The number of aromatic nitrogens is 5. The molecule has 2 aromatic heterocycles. The number of rotatable bonds is 3. The second kappa shape index (κ2) is 3.90. The van der Waals surface area contributed by atoms with Crippen molar-refractivity contribution in [2.45, 2.75) is 31.2 Å². The largest absolute Gasteiger partial charge is 0.480 e. The lowest BCUT2D eigenvalue weighted by molar-refractivity contribution is -0.142. The molecule has 94 valence electrons. The number of carbonyl (C=O) groups is 1. The summed E-state index contributed by atoms with van der Waals surface area (Å²) in [6.45, 7) is 0. The van der Waals surface area contributed by atoms with E-state index in [1.165, 1.54) is 4.63 Å². The zero-order valence-electron chi connectivity index (χ0n) is 9.57. The Balaban J connectivity index is 1.92. The second-order valence-electron chi connectivity index (χ2n) is 4.46. The van der Waals surface area contributed by atoms with Gasteiger partial charge in [0.15, 0.2) is 5.65 Å². The molecular weight excluding hydrogens is 236 g/mol. The average molecular weight is 248 g/mol. The van der Waals surface area contributed by atoms with Crippen LogP contribution in [0.2, 0.25) is 0 Å². The maximum atomic E-state index is 11.4. The molecule has 8 nitrogen and oxygen atoms in total. The van der Waals surface area contributed by atoms with Crippen LogP contribution in [0.25, 0.3) is 5.65 Å². The zero-order chi connectivity index (χ0) is 12.6. The van der Waals surface area contributed by atoms with E-state index in [0.29, 0.717) is 24.3 Å². The molecule has 1 fully saturated rings. The maximum absolute atomic E-state index is 11.4. The van der Waals surface area contributed by atoms with Crippen molar-refractivity contribution in [1.29, 1.82) is 0 Å². The molecule has 0 unspecified atom stereocenters. The number of tetrazole rings is 1. The Morgan fingerprint density at radius 2 is 2.17 bits per heavy atom. The summed E-state index contributed by atoms with van der Waals surface area (Å²) in [6.07, 6.45) is 3.04. The molecule has 0 radical (unpaired) electrons. The van der Waals surface area contributed by atoms with E-state index in [0.717, 1.165) is 12.8 Å². The van der Waals surface area contributed by atoms with Crippen LogP contribution in [-0.2, 0) is 4.79 Å². The molecular formula is C10H12N6O2. The first-order valence-electron chi connectivity index (χ1n) is 5.77. The molecule has 0 aliphatic heterocycles. The van der Waals surface area contributed by atoms with Gasteiger partial charge in [-0.15, -0.1) is 14.8 Å². The molecule has 2 aromatic rings. The van der Waals surface area contributed by atoms with Crippen molar-refractivity contribution < 1.29 is 9.90 Å². The molecule has 2 N–H and O–H groups in total. The highest BCUT2D eigenvalue weighted by Gasteiger charge is 2.41. The van der Waals surface area contributed by atoms with Gasteiger partial charge in [-0.3, -0.25) is 0 Å². The predicted octanol–water partition coefficient (Wildman–Crippen LogP) is 0.329. The van der Waals surface area contributed by atoms with Crippen LogP contribution < -0.4 is 5.32 Å². The molecule has 1 aliphatic rings. The van der Waals surface area contributed by atoms with Crippen molar-refractivity contribution in [3.8, 4) is 0 Å². The Labute approximate surface area is 102 Å². The minimum absolute atomic E-state index is 0.471. The van der Waals surface area contributed by atoms with E-state index in [1.54, 1.807) is 12.1 Å². The fourth-order valence-corrected chi connectivity index (χ4v) is 2.33. The third kappa shape index (κ3) is 1.66. The first kappa shape index (κ1) is 10.9. The first-order chi connectivity index (χ1) is 8.70. The van der Waals surface area contributed by atoms with Gasteiger partial charge in [0, 0.05) is 0 Å². The molecule has 1 aliphatic carbocycles. The molecule has 0 bridgehead atoms. The van der Waals surface area contributed by atoms with Gasteiger partial charge in [-0.05, 0) is 35.4 Å². The molecule has 18 heavy (non-hydrogen) atoms. The normalized spacial score (nSPS) is 18.0. The topological polar surface area (TPSA) is 105 Å². The van der Waals surface area contributed by atoms with Gasteiger partial charge in [-0.25, -0.2) is 4.79 Å². The van der Waals surface area contributed by atoms with Crippen LogP contribution in [0, 0.1) is 0 Å². The highest BCUT2D eigenvalue weighted by Crippen LogP contribution is 2.32. The molecule has 3 rings (SSSR count). The van der Waals surface area contributed by atoms with E-state index in [1.807, 2.05) is 0 Å². The Kier molecular flexibility index (Phi) is 2.35. The van der Waals surface area contributed by atoms with Crippen molar-refractivity contribution in [3.63, 3.8) is 0 Å². The first-order valence-corrected chi connectivity index (χ1v) is 5.77. The summed E-state index contributed by atoms with van der Waals surface area (Å²) >= 11 is 0. The molecule has 8 heteroatoms. The van der Waals surface area contributed by atoms with Crippen LogP contribution in [-0.4, -0.2) is 41.9 Å². The predicted molar refractivity (Wildman–Crippen MR) is 61.0 cm³/mol. The van der Waals surface area contributed by atoms with Crippen LogP contribution in [0.4, 0.5) is 5.82 Å². The van der Waals surface area contributed by atoms with Crippen molar-refractivity contribution >= 4 is 17.4 Å². The SMILES string of the molecule is O=C(O)C1(Nc2ccc3nnnn3n2)CCCC1. The summed E-state index contributed by atoms with van der Waals surface area (Å²) in [5, 5.41) is 27.4. The molecule has 2 heterocycles. The third-order valence-corrected chi connectivity index (χ3v) is 3.30. The number of carboxylic acids is 1. The Morgan fingerprint density at radius 1 is 1.39 bits per heavy atom. The van der Waals surface area contributed by atoms with E-state index in [-0.39, 0.29) is 0 Å². The summed E-state index contributed by atoms with van der Waals surface area (Å²) in [5.41, 5.74) is -0.384. The van der Waals surface area contributed by atoms with Crippen LogP contribution in [0.1, 0.15) is 25.7 Å². The third-order valence-electron chi connectivity index (χ3n) is 3.30. The molecule has 0 amide bonds. The van der Waals surface area contributed by atoms with E-state index < -0.39 is 11.5 Å². The number of hydrogen-bond donors (Lipinski definition) is 2. The van der Waals surface area contributed by atoms with Gasteiger partial charge in [0.1, 0.15) is 11.4 Å². The smallest absolute Gasteiger partial charge is 0.329 e. The van der Waals surface area contributed by atoms with E-state index in [4.69, 9.17) is 0 Å². The number of nitrogens with zero attached hydrogens (tertiary/aromatic N) is 5. The maximum Gasteiger partial charge on any atom is 0.329 e. The van der Waals surface area contributed by atoms with E-state index in [2.05, 4.69) is 25.9 Å². The van der Waals surface area contributed by atoms with Crippen LogP contribution in [0.15, 0.2) is 12.1 Å². The fourth-order valence-electron chi connectivity index (χ4n) is 2.33. The van der Waals surface area contributed by atoms with Crippen molar-refractivity contribution in [1.82, 2.24) is 25.3 Å². The molecule has 0 spiro atoms.